The van der Waals surface area contributed by atoms with Crippen LogP contribution in [0.3, 0.4) is 0 Å². The van der Waals surface area contributed by atoms with E-state index in [1.807, 2.05) is 0 Å². The van der Waals surface area contributed by atoms with Crippen molar-refractivity contribution in [3.8, 4) is 0 Å². The molecule has 152 valence electrons. The van der Waals surface area contributed by atoms with Crippen LogP contribution in [0.4, 0.5) is 11.4 Å². The van der Waals surface area contributed by atoms with Gasteiger partial charge in [0.05, 0.1) is 6.54 Å². The fraction of sp³-hybridized carbons (Fsp3) is 0.571. The largest absolute Gasteiger partial charge is 0.345 e. The second-order valence-corrected chi connectivity index (χ2v) is 8.08. The molecule has 3 rings (SSSR count). The van der Waals surface area contributed by atoms with Gasteiger partial charge in [0.25, 0.3) is 0 Å². The van der Waals surface area contributed by atoms with E-state index in [9.17, 15) is 14.4 Å². The first kappa shape index (κ1) is 20.3. The Balaban J connectivity index is 1.58. The van der Waals surface area contributed by atoms with E-state index in [0.29, 0.717) is 30.9 Å². The summed E-state index contributed by atoms with van der Waals surface area (Å²) in [5, 5.41) is 5.74. The molecule has 2 N–H and O–H groups in total. The first-order valence-electron chi connectivity index (χ1n) is 10.1. The Hall–Kier alpha value is -2.41. The summed E-state index contributed by atoms with van der Waals surface area (Å²) < 4.78 is 0. The van der Waals surface area contributed by atoms with Gasteiger partial charge in [-0.1, -0.05) is 18.9 Å². The van der Waals surface area contributed by atoms with Crippen molar-refractivity contribution in [3.63, 3.8) is 0 Å². The van der Waals surface area contributed by atoms with Crippen LogP contribution in [-0.2, 0) is 14.4 Å². The highest BCUT2D eigenvalue weighted by molar-refractivity contribution is 6.11. The molecule has 1 aromatic carbocycles. The van der Waals surface area contributed by atoms with E-state index in [2.05, 4.69) is 15.5 Å². The van der Waals surface area contributed by atoms with Crippen molar-refractivity contribution < 1.29 is 14.4 Å². The molecule has 2 aliphatic rings. The maximum atomic E-state index is 12.7. The Morgan fingerprint density at radius 1 is 1.04 bits per heavy atom. The predicted molar refractivity (Wildman–Crippen MR) is 109 cm³/mol. The van der Waals surface area contributed by atoms with Crippen molar-refractivity contribution in [2.45, 2.75) is 39.0 Å². The van der Waals surface area contributed by atoms with Crippen LogP contribution in [0.2, 0.25) is 0 Å². The van der Waals surface area contributed by atoms with Gasteiger partial charge in [0.2, 0.25) is 17.7 Å². The molecule has 1 unspecified atom stereocenters. The van der Waals surface area contributed by atoms with Crippen LogP contribution >= 0.6 is 0 Å². The van der Waals surface area contributed by atoms with E-state index < -0.39 is 5.41 Å². The van der Waals surface area contributed by atoms with E-state index >= 15 is 0 Å². The van der Waals surface area contributed by atoms with Crippen molar-refractivity contribution in [3.05, 3.63) is 24.3 Å². The van der Waals surface area contributed by atoms with Crippen molar-refractivity contribution in [1.29, 1.82) is 0 Å². The summed E-state index contributed by atoms with van der Waals surface area (Å²) in [7, 11) is 1.71. The van der Waals surface area contributed by atoms with Crippen molar-refractivity contribution in [2.75, 3.05) is 43.9 Å². The number of amides is 3. The first-order chi connectivity index (χ1) is 13.4. The number of anilines is 2. The average molecular weight is 386 g/mol. The average Bonchev–Trinajstić information content (AvgIpc) is 2.84. The van der Waals surface area contributed by atoms with Gasteiger partial charge in [-0.15, -0.1) is 0 Å². The van der Waals surface area contributed by atoms with Gasteiger partial charge in [0.1, 0.15) is 5.41 Å². The van der Waals surface area contributed by atoms with E-state index in [0.717, 1.165) is 25.9 Å². The van der Waals surface area contributed by atoms with Gasteiger partial charge >= 0.3 is 0 Å². The predicted octanol–water partition coefficient (Wildman–Crippen LogP) is 2.31. The molecule has 0 saturated carbocycles. The molecule has 2 fully saturated rings. The van der Waals surface area contributed by atoms with Crippen LogP contribution in [0.1, 0.15) is 39.0 Å². The van der Waals surface area contributed by atoms with Gasteiger partial charge in [-0.25, -0.2) is 0 Å². The summed E-state index contributed by atoms with van der Waals surface area (Å²) in [6.45, 7) is 4.57. The van der Waals surface area contributed by atoms with Gasteiger partial charge < -0.3 is 15.5 Å². The molecule has 2 aliphatic heterocycles. The zero-order valence-electron chi connectivity index (χ0n) is 16.8. The smallest absolute Gasteiger partial charge is 0.239 e. The number of likely N-dealkylation sites (tertiary alicyclic amines) is 2. The Morgan fingerprint density at radius 3 is 2.29 bits per heavy atom. The molecule has 0 radical (unpaired) electrons. The molecule has 0 spiro atoms. The standard InChI is InChI=1S/C21H30N4O3/c1-21(10-13-24(2)20(21)28)19(27)23-17-9-7-8-16(14-17)22-18(26)15-25-11-5-3-4-6-12-25/h7-9,14H,3-6,10-13,15H2,1-2H3,(H,22,26)(H,23,27). The number of hydrogen-bond donors (Lipinski definition) is 2. The second kappa shape index (κ2) is 8.73. The molecular weight excluding hydrogens is 356 g/mol. The Bertz CT molecular complexity index is 743. The number of rotatable bonds is 5. The summed E-state index contributed by atoms with van der Waals surface area (Å²) in [5.41, 5.74) is 0.166. The maximum absolute atomic E-state index is 12.7. The molecule has 7 nitrogen and oxygen atoms in total. The zero-order chi connectivity index (χ0) is 20.1. The van der Waals surface area contributed by atoms with Crippen LogP contribution < -0.4 is 10.6 Å². The Labute approximate surface area is 166 Å². The second-order valence-electron chi connectivity index (χ2n) is 8.08. The summed E-state index contributed by atoms with van der Waals surface area (Å²) >= 11 is 0. The lowest BCUT2D eigenvalue weighted by molar-refractivity contribution is -0.141. The fourth-order valence-electron chi connectivity index (χ4n) is 3.87. The lowest BCUT2D eigenvalue weighted by Gasteiger charge is -2.21. The molecule has 1 atom stereocenters. The normalized spacial score (nSPS) is 23.4. The molecule has 0 bridgehead atoms. The highest BCUT2D eigenvalue weighted by Crippen LogP contribution is 2.32. The number of nitrogens with zero attached hydrogens (tertiary/aromatic N) is 2. The van der Waals surface area contributed by atoms with Gasteiger partial charge in [0.15, 0.2) is 0 Å². The van der Waals surface area contributed by atoms with Crippen LogP contribution in [0.25, 0.3) is 0 Å². The third-order valence-electron chi connectivity index (χ3n) is 5.74. The first-order valence-corrected chi connectivity index (χ1v) is 10.1. The molecule has 2 heterocycles. The summed E-state index contributed by atoms with van der Waals surface area (Å²) in [4.78, 5) is 41.1. The number of nitrogens with one attached hydrogen (secondary N) is 2. The van der Waals surface area contributed by atoms with E-state index in [-0.39, 0.29) is 17.7 Å². The Kier molecular flexibility index (Phi) is 6.34. The van der Waals surface area contributed by atoms with Gasteiger partial charge in [-0.2, -0.15) is 0 Å². The highest BCUT2D eigenvalue weighted by atomic mass is 16.2. The SMILES string of the molecule is CN1CCC(C)(C(=O)Nc2cccc(NC(=O)CN3CCCCCC3)c2)C1=O. The third kappa shape index (κ3) is 4.70. The van der Waals surface area contributed by atoms with Crippen LogP contribution in [0.5, 0.6) is 0 Å². The number of benzene rings is 1. The minimum absolute atomic E-state index is 0.0510. The number of hydrogen-bond acceptors (Lipinski definition) is 4. The monoisotopic (exact) mass is 386 g/mol. The summed E-state index contributed by atoms with van der Waals surface area (Å²) in [6.07, 6.45) is 5.25. The molecular formula is C21H30N4O3. The zero-order valence-corrected chi connectivity index (χ0v) is 16.8. The van der Waals surface area contributed by atoms with Gasteiger partial charge in [0, 0.05) is 25.0 Å². The molecule has 7 heteroatoms. The molecule has 28 heavy (non-hydrogen) atoms. The van der Waals surface area contributed by atoms with Crippen LogP contribution in [0, 0.1) is 5.41 Å². The van der Waals surface area contributed by atoms with Crippen molar-refractivity contribution in [1.82, 2.24) is 9.80 Å². The molecule has 0 aliphatic carbocycles. The van der Waals surface area contributed by atoms with Gasteiger partial charge in [-0.05, 0) is 57.5 Å². The third-order valence-corrected chi connectivity index (χ3v) is 5.74. The molecule has 3 amide bonds. The number of carbonyl (C=O) groups excluding carboxylic acids is 3. The van der Waals surface area contributed by atoms with E-state index in [4.69, 9.17) is 0 Å². The Morgan fingerprint density at radius 2 is 1.68 bits per heavy atom. The minimum atomic E-state index is -1.04. The van der Waals surface area contributed by atoms with Crippen molar-refractivity contribution in [2.24, 2.45) is 5.41 Å². The highest BCUT2D eigenvalue weighted by Gasteiger charge is 2.47. The van der Waals surface area contributed by atoms with Crippen LogP contribution in [0.15, 0.2) is 24.3 Å². The molecule has 0 aromatic heterocycles. The topological polar surface area (TPSA) is 81.8 Å². The van der Waals surface area contributed by atoms with E-state index in [1.165, 1.54) is 12.8 Å². The summed E-state index contributed by atoms with van der Waals surface area (Å²) in [5.74, 6) is -0.522. The fourth-order valence-corrected chi connectivity index (χ4v) is 3.87. The lowest BCUT2D eigenvalue weighted by atomic mass is 9.87. The lowest BCUT2D eigenvalue weighted by Crippen LogP contribution is -2.40. The molecule has 1 aromatic rings. The van der Waals surface area contributed by atoms with Gasteiger partial charge in [-0.3, -0.25) is 19.3 Å². The quantitative estimate of drug-likeness (QED) is 0.761. The maximum Gasteiger partial charge on any atom is 0.239 e. The van der Waals surface area contributed by atoms with Crippen molar-refractivity contribution >= 4 is 29.1 Å². The molecule has 2 saturated heterocycles. The minimum Gasteiger partial charge on any atom is -0.345 e. The summed E-state index contributed by atoms with van der Waals surface area (Å²) in [6, 6.07) is 7.06. The van der Waals surface area contributed by atoms with E-state index in [1.54, 1.807) is 43.1 Å². The number of carbonyl (C=O) groups is 3. The van der Waals surface area contributed by atoms with Crippen LogP contribution in [-0.4, -0.2) is 60.7 Å².